The first-order chi connectivity index (χ1) is 13.9. The molecule has 0 fully saturated rings. The Balaban J connectivity index is 0.000000941. The molecule has 1 N–H and O–H groups in total. The first-order valence-electron chi connectivity index (χ1n) is 8.78. The number of aromatic nitrogens is 4. The van der Waals surface area contributed by atoms with Crippen molar-refractivity contribution in [2.24, 2.45) is 0 Å². The Bertz CT molecular complexity index is 980. The fourth-order valence-electron chi connectivity index (χ4n) is 2.26. The normalized spacial score (nSPS) is 10.0. The van der Waals surface area contributed by atoms with Crippen LogP contribution in [0.1, 0.15) is 36.3 Å². The van der Waals surface area contributed by atoms with Crippen molar-refractivity contribution in [3.8, 4) is 22.1 Å². The van der Waals surface area contributed by atoms with Crippen LogP contribution >= 0.6 is 22.9 Å². The molecule has 0 unspecified atom stereocenters. The molecular weight excluding hydrogens is 414 g/mol. The van der Waals surface area contributed by atoms with E-state index in [0.29, 0.717) is 32.8 Å². The summed E-state index contributed by atoms with van der Waals surface area (Å²) in [5.41, 5.74) is 2.33. The maximum atomic E-state index is 12.8. The van der Waals surface area contributed by atoms with Gasteiger partial charge in [-0.25, -0.2) is 4.98 Å². The van der Waals surface area contributed by atoms with Gasteiger partial charge in [-0.2, -0.15) is 0 Å². The van der Waals surface area contributed by atoms with Crippen LogP contribution in [0, 0.1) is 6.92 Å². The third kappa shape index (κ3) is 5.85. The maximum absolute atomic E-state index is 12.8. The van der Waals surface area contributed by atoms with Crippen molar-refractivity contribution in [3.63, 3.8) is 0 Å². The molecule has 0 aromatic carbocycles. The number of amides is 1. The van der Waals surface area contributed by atoms with Gasteiger partial charge >= 0.3 is 0 Å². The molecule has 0 saturated heterocycles. The molecule has 29 heavy (non-hydrogen) atoms. The highest BCUT2D eigenvalue weighted by Gasteiger charge is 2.19. The third-order valence-electron chi connectivity index (χ3n) is 3.43. The van der Waals surface area contributed by atoms with Gasteiger partial charge in [0.05, 0.1) is 26.0 Å². The van der Waals surface area contributed by atoms with Crippen LogP contribution in [-0.4, -0.2) is 40.3 Å². The van der Waals surface area contributed by atoms with Crippen molar-refractivity contribution in [1.82, 2.24) is 20.2 Å². The monoisotopic (exact) mass is 435 g/mol. The van der Waals surface area contributed by atoms with Crippen LogP contribution in [0.25, 0.3) is 11.1 Å². The second-order valence-corrected chi connectivity index (χ2v) is 7.14. The molecule has 10 heteroatoms. The van der Waals surface area contributed by atoms with E-state index in [0.717, 1.165) is 17.0 Å². The molecule has 0 aliphatic heterocycles. The fraction of sp³-hybridized carbons (Fsp3) is 0.316. The van der Waals surface area contributed by atoms with E-state index in [1.54, 1.807) is 12.1 Å². The summed E-state index contributed by atoms with van der Waals surface area (Å²) in [4.78, 5) is 21.0. The number of carbonyl (C=O) groups excluding carboxylic acids is 1. The lowest BCUT2D eigenvalue weighted by atomic mass is 10.0. The zero-order valence-corrected chi connectivity index (χ0v) is 18.4. The van der Waals surface area contributed by atoms with Gasteiger partial charge < -0.3 is 9.47 Å². The van der Waals surface area contributed by atoms with E-state index in [1.807, 2.05) is 6.92 Å². The second kappa shape index (κ2) is 10.7. The molecule has 0 radical (unpaired) electrons. The van der Waals surface area contributed by atoms with Gasteiger partial charge in [0.2, 0.25) is 5.13 Å². The Hall–Kier alpha value is -2.78. The number of hydrogen-bond acceptors (Lipinski definition) is 8. The fourth-order valence-corrected chi connectivity index (χ4v) is 2.97. The number of pyridine rings is 2. The van der Waals surface area contributed by atoms with E-state index < -0.39 is 0 Å². The highest BCUT2D eigenvalue weighted by Crippen LogP contribution is 2.34. The van der Waals surface area contributed by atoms with E-state index in [-0.39, 0.29) is 11.1 Å². The smallest absolute Gasteiger partial charge is 0.295 e. The van der Waals surface area contributed by atoms with Crippen LogP contribution < -0.4 is 14.8 Å². The number of anilines is 1. The minimum Gasteiger partial charge on any atom is -0.494 e. The summed E-state index contributed by atoms with van der Waals surface area (Å²) in [6, 6.07) is 3.42. The summed E-state index contributed by atoms with van der Waals surface area (Å²) in [6.45, 7) is 6.08. The molecular formula is C19H22ClN5O3S. The van der Waals surface area contributed by atoms with Gasteiger partial charge in [0.15, 0.2) is 0 Å². The lowest BCUT2D eigenvalue weighted by molar-refractivity contribution is 0.102. The van der Waals surface area contributed by atoms with Gasteiger partial charge in [0.25, 0.3) is 11.1 Å². The van der Waals surface area contributed by atoms with Crippen LogP contribution in [0.4, 0.5) is 5.13 Å². The number of halogens is 1. The van der Waals surface area contributed by atoms with Crippen molar-refractivity contribution >= 4 is 34.0 Å². The van der Waals surface area contributed by atoms with Crippen LogP contribution in [0.3, 0.4) is 0 Å². The number of rotatable bonds is 5. The minimum absolute atomic E-state index is 0.287. The summed E-state index contributed by atoms with van der Waals surface area (Å²) in [6.07, 6.45) is 4.25. The molecule has 0 bridgehead atoms. The number of carbonyl (C=O) groups is 1. The number of nitrogens with zero attached hydrogens (tertiary/aromatic N) is 4. The average molecular weight is 436 g/mol. The lowest BCUT2D eigenvalue weighted by Gasteiger charge is -2.13. The quantitative estimate of drug-likeness (QED) is 0.582. The first-order valence-corrected chi connectivity index (χ1v) is 9.98. The van der Waals surface area contributed by atoms with Crippen molar-refractivity contribution in [2.75, 3.05) is 19.5 Å². The Morgan fingerprint density at radius 1 is 1.10 bits per heavy atom. The van der Waals surface area contributed by atoms with Gasteiger partial charge in [-0.05, 0) is 30.4 Å². The molecule has 1 amide bonds. The van der Waals surface area contributed by atoms with Crippen molar-refractivity contribution < 1.29 is 14.3 Å². The predicted octanol–water partition coefficient (Wildman–Crippen LogP) is 4.64. The van der Waals surface area contributed by atoms with E-state index in [2.05, 4.69) is 39.3 Å². The number of nitrogens with one attached hydrogen (secondary N) is 1. The average Bonchev–Trinajstić information content (AvgIpc) is 3.16. The Labute approximate surface area is 178 Å². The molecule has 8 nitrogen and oxygen atoms in total. The summed E-state index contributed by atoms with van der Waals surface area (Å²) in [5.74, 6) is 0.105. The molecule has 154 valence electrons. The van der Waals surface area contributed by atoms with Gasteiger partial charge in [-0.1, -0.05) is 37.0 Å². The highest BCUT2D eigenvalue weighted by atomic mass is 35.5. The van der Waals surface area contributed by atoms with Gasteiger partial charge in [-0.15, -0.1) is 5.10 Å². The predicted molar refractivity (Wildman–Crippen MR) is 114 cm³/mol. The molecule has 3 heterocycles. The van der Waals surface area contributed by atoms with E-state index in [1.165, 1.54) is 33.0 Å². The third-order valence-corrected chi connectivity index (χ3v) is 4.44. The zero-order valence-electron chi connectivity index (χ0n) is 16.8. The summed E-state index contributed by atoms with van der Waals surface area (Å²) < 4.78 is 10.3. The van der Waals surface area contributed by atoms with Gasteiger partial charge in [0, 0.05) is 23.0 Å². The Morgan fingerprint density at radius 3 is 2.45 bits per heavy atom. The van der Waals surface area contributed by atoms with Crippen molar-refractivity contribution in [2.45, 2.75) is 27.2 Å². The number of hydrogen-bond donors (Lipinski definition) is 1. The highest BCUT2D eigenvalue weighted by molar-refractivity contribution is 7.17. The second-order valence-electron chi connectivity index (χ2n) is 5.82. The largest absolute Gasteiger partial charge is 0.494 e. The van der Waals surface area contributed by atoms with Crippen molar-refractivity contribution in [3.05, 3.63) is 40.9 Å². The van der Waals surface area contributed by atoms with E-state index in [9.17, 15) is 4.79 Å². The number of aryl methyl sites for hydroxylation is 1. The van der Waals surface area contributed by atoms with Gasteiger partial charge in [0.1, 0.15) is 10.9 Å². The summed E-state index contributed by atoms with van der Waals surface area (Å²) in [7, 11) is 3.00. The molecule has 0 saturated carbocycles. The van der Waals surface area contributed by atoms with Crippen molar-refractivity contribution in [1.29, 1.82) is 0 Å². The lowest BCUT2D eigenvalue weighted by Crippen LogP contribution is -2.14. The molecule has 3 rings (SSSR count). The van der Waals surface area contributed by atoms with E-state index >= 15 is 0 Å². The molecule has 3 aromatic heterocycles. The first kappa shape index (κ1) is 22.5. The zero-order chi connectivity index (χ0) is 21.4. The Morgan fingerprint density at radius 2 is 1.83 bits per heavy atom. The topological polar surface area (TPSA) is 99.1 Å². The number of ether oxygens (including phenoxy) is 2. The Kier molecular flexibility index (Phi) is 8.29. The maximum Gasteiger partial charge on any atom is 0.295 e. The van der Waals surface area contributed by atoms with Gasteiger partial charge in [-0.3, -0.25) is 15.1 Å². The minimum atomic E-state index is -0.388. The molecule has 0 atom stereocenters. The van der Waals surface area contributed by atoms with E-state index in [4.69, 9.17) is 21.1 Å². The van der Waals surface area contributed by atoms with Crippen LogP contribution in [-0.2, 0) is 0 Å². The SMILES string of the molecule is CCC.COc1nnc(NC(=O)c2cnc(C)cc2-c2cc(Cl)ncc2OC)s1. The molecule has 3 aromatic rings. The number of methoxy groups -OCH3 is 2. The standard InChI is InChI=1S/C16H14ClN5O3S.C3H8/c1-8-4-9(10-5-13(17)19-7-12(10)24-2)11(6-18-8)14(23)20-15-21-22-16(25-3)26-15;1-3-2/h4-7H,1-3H3,(H,20,21,23);3H2,1-2H3. The van der Waals surface area contributed by atoms with Crippen LogP contribution in [0.2, 0.25) is 5.15 Å². The molecule has 0 aliphatic carbocycles. The van der Waals surface area contributed by atoms with Crippen LogP contribution in [0.15, 0.2) is 24.5 Å². The molecule has 0 aliphatic rings. The van der Waals surface area contributed by atoms with Crippen LogP contribution in [0.5, 0.6) is 10.9 Å². The molecule has 0 spiro atoms. The summed E-state index contributed by atoms with van der Waals surface area (Å²) in [5, 5.41) is 11.3. The summed E-state index contributed by atoms with van der Waals surface area (Å²) >= 11 is 7.15.